The Hall–Kier alpha value is -2.30. The van der Waals surface area contributed by atoms with Crippen molar-refractivity contribution in [1.82, 2.24) is 0 Å². The van der Waals surface area contributed by atoms with Gasteiger partial charge in [-0.2, -0.15) is 0 Å². The summed E-state index contributed by atoms with van der Waals surface area (Å²) in [5, 5.41) is 0. The van der Waals surface area contributed by atoms with Crippen molar-refractivity contribution in [2.75, 3.05) is 0 Å². The highest BCUT2D eigenvalue weighted by Gasteiger charge is 2.08. The van der Waals surface area contributed by atoms with Gasteiger partial charge in [-0.05, 0) is 25.0 Å². The molecule has 0 unspecified atom stereocenters. The van der Waals surface area contributed by atoms with E-state index in [1.165, 1.54) is 13.8 Å². The summed E-state index contributed by atoms with van der Waals surface area (Å²) in [6.45, 7) is 3.39. The standard InChI is InChI=1S/C18H18O4/c1-13(19)17-9-5-3-7-15(17)11-21-22-12-16-8-4-6-10-18(16)14(2)20/h3-10H,11-12H2,1-2H3. The fourth-order valence-electron chi connectivity index (χ4n) is 2.19. The van der Waals surface area contributed by atoms with E-state index in [4.69, 9.17) is 9.78 Å². The second kappa shape index (κ2) is 7.64. The first kappa shape index (κ1) is 16.1. The normalized spacial score (nSPS) is 10.5. The second-order valence-corrected chi connectivity index (χ2v) is 4.95. The minimum atomic E-state index is -0.0128. The Morgan fingerprint density at radius 3 is 1.45 bits per heavy atom. The highest BCUT2D eigenvalue weighted by molar-refractivity contribution is 5.95. The average molecular weight is 298 g/mol. The molecule has 0 saturated carbocycles. The number of benzene rings is 2. The maximum Gasteiger partial charge on any atom is 0.160 e. The Morgan fingerprint density at radius 2 is 1.09 bits per heavy atom. The molecule has 0 heterocycles. The van der Waals surface area contributed by atoms with Crippen molar-refractivity contribution in [3.05, 3.63) is 70.8 Å². The van der Waals surface area contributed by atoms with E-state index >= 15 is 0 Å². The Kier molecular flexibility index (Phi) is 5.58. The van der Waals surface area contributed by atoms with Crippen LogP contribution in [0.2, 0.25) is 0 Å². The van der Waals surface area contributed by atoms with E-state index in [0.29, 0.717) is 11.1 Å². The molecule has 4 nitrogen and oxygen atoms in total. The summed E-state index contributed by atoms with van der Waals surface area (Å²) in [6, 6.07) is 14.5. The zero-order valence-electron chi connectivity index (χ0n) is 12.7. The van der Waals surface area contributed by atoms with Gasteiger partial charge in [0.1, 0.15) is 13.2 Å². The molecule has 0 aliphatic carbocycles. The molecular weight excluding hydrogens is 280 g/mol. The minimum Gasteiger partial charge on any atom is -0.294 e. The number of ketones is 2. The van der Waals surface area contributed by atoms with E-state index < -0.39 is 0 Å². The van der Waals surface area contributed by atoms with Gasteiger partial charge >= 0.3 is 0 Å². The quantitative estimate of drug-likeness (QED) is 0.338. The number of rotatable bonds is 7. The summed E-state index contributed by atoms with van der Waals surface area (Å²) < 4.78 is 0. The number of Topliss-reactive ketones (excluding diaryl/α,β-unsaturated/α-hetero) is 2. The van der Waals surface area contributed by atoms with Crippen LogP contribution in [0, 0.1) is 0 Å². The Labute approximate surface area is 129 Å². The van der Waals surface area contributed by atoms with Crippen molar-refractivity contribution in [3.8, 4) is 0 Å². The third-order valence-electron chi connectivity index (χ3n) is 3.31. The van der Waals surface area contributed by atoms with Crippen molar-refractivity contribution < 1.29 is 19.4 Å². The fourth-order valence-corrected chi connectivity index (χ4v) is 2.19. The largest absolute Gasteiger partial charge is 0.294 e. The van der Waals surface area contributed by atoms with Crippen molar-refractivity contribution >= 4 is 11.6 Å². The molecule has 0 aromatic heterocycles. The molecule has 0 N–H and O–H groups in total. The molecule has 0 aliphatic heterocycles. The number of carbonyl (C=O) groups is 2. The van der Waals surface area contributed by atoms with E-state index in [2.05, 4.69) is 0 Å². The highest BCUT2D eigenvalue weighted by atomic mass is 17.2. The van der Waals surface area contributed by atoms with Crippen molar-refractivity contribution in [2.24, 2.45) is 0 Å². The molecule has 0 atom stereocenters. The van der Waals surface area contributed by atoms with E-state index in [0.717, 1.165) is 11.1 Å². The van der Waals surface area contributed by atoms with Gasteiger partial charge in [-0.15, -0.1) is 0 Å². The molecule has 2 aromatic carbocycles. The first-order valence-electron chi connectivity index (χ1n) is 7.01. The molecule has 114 valence electrons. The van der Waals surface area contributed by atoms with Crippen LogP contribution in [-0.2, 0) is 23.0 Å². The van der Waals surface area contributed by atoms with Gasteiger partial charge in [0.15, 0.2) is 11.6 Å². The Balaban J connectivity index is 1.93. The van der Waals surface area contributed by atoms with Crippen molar-refractivity contribution in [2.45, 2.75) is 27.1 Å². The van der Waals surface area contributed by atoms with E-state index in [1.807, 2.05) is 36.4 Å². The third-order valence-corrected chi connectivity index (χ3v) is 3.31. The van der Waals surface area contributed by atoms with Crippen LogP contribution in [0.15, 0.2) is 48.5 Å². The average Bonchev–Trinajstić information content (AvgIpc) is 2.52. The smallest absolute Gasteiger partial charge is 0.160 e. The third kappa shape index (κ3) is 4.10. The maximum atomic E-state index is 11.5. The van der Waals surface area contributed by atoms with Gasteiger partial charge in [0.05, 0.1) is 0 Å². The Morgan fingerprint density at radius 1 is 0.727 bits per heavy atom. The van der Waals surface area contributed by atoms with E-state index in [-0.39, 0.29) is 24.8 Å². The first-order chi connectivity index (χ1) is 10.6. The number of hydrogen-bond donors (Lipinski definition) is 0. The lowest BCUT2D eigenvalue weighted by molar-refractivity contribution is -0.313. The zero-order valence-corrected chi connectivity index (χ0v) is 12.7. The molecule has 2 rings (SSSR count). The lowest BCUT2D eigenvalue weighted by atomic mass is 10.1. The van der Waals surface area contributed by atoms with Crippen molar-refractivity contribution in [3.63, 3.8) is 0 Å². The lowest BCUT2D eigenvalue weighted by Gasteiger charge is -2.09. The van der Waals surface area contributed by atoms with Gasteiger partial charge in [0.25, 0.3) is 0 Å². The molecule has 0 saturated heterocycles. The molecule has 0 bridgehead atoms. The molecular formula is C18H18O4. The van der Waals surface area contributed by atoms with Gasteiger partial charge < -0.3 is 0 Å². The van der Waals surface area contributed by atoms with Crippen LogP contribution in [-0.4, -0.2) is 11.6 Å². The monoisotopic (exact) mass is 298 g/mol. The van der Waals surface area contributed by atoms with Crippen LogP contribution >= 0.6 is 0 Å². The topological polar surface area (TPSA) is 52.6 Å². The van der Waals surface area contributed by atoms with Crippen LogP contribution < -0.4 is 0 Å². The van der Waals surface area contributed by atoms with Crippen LogP contribution in [0.5, 0.6) is 0 Å². The molecule has 0 spiro atoms. The lowest BCUT2D eigenvalue weighted by Crippen LogP contribution is -2.05. The predicted octanol–water partition coefficient (Wildman–Crippen LogP) is 3.74. The second-order valence-electron chi connectivity index (χ2n) is 4.95. The fraction of sp³-hybridized carbons (Fsp3) is 0.222. The summed E-state index contributed by atoms with van der Waals surface area (Å²) in [5.74, 6) is -0.0257. The van der Waals surface area contributed by atoms with Crippen LogP contribution in [0.1, 0.15) is 45.7 Å². The highest BCUT2D eigenvalue weighted by Crippen LogP contribution is 2.13. The summed E-state index contributed by atoms with van der Waals surface area (Å²) in [4.78, 5) is 33.4. The Bertz CT molecular complexity index is 617. The van der Waals surface area contributed by atoms with Gasteiger partial charge in [0, 0.05) is 11.1 Å². The summed E-state index contributed by atoms with van der Waals surface area (Å²) in [5.41, 5.74) is 2.79. The van der Waals surface area contributed by atoms with E-state index in [1.54, 1.807) is 12.1 Å². The molecule has 4 heteroatoms. The van der Waals surface area contributed by atoms with Gasteiger partial charge in [-0.3, -0.25) is 9.59 Å². The molecule has 0 fully saturated rings. The maximum absolute atomic E-state index is 11.5. The predicted molar refractivity (Wildman–Crippen MR) is 82.5 cm³/mol. The number of carbonyl (C=O) groups excluding carboxylic acids is 2. The molecule has 22 heavy (non-hydrogen) atoms. The molecule has 0 radical (unpaired) electrons. The van der Waals surface area contributed by atoms with Crippen LogP contribution in [0.3, 0.4) is 0 Å². The van der Waals surface area contributed by atoms with Gasteiger partial charge in [-0.25, -0.2) is 9.78 Å². The van der Waals surface area contributed by atoms with Gasteiger partial charge in [-0.1, -0.05) is 48.5 Å². The van der Waals surface area contributed by atoms with Crippen LogP contribution in [0.25, 0.3) is 0 Å². The molecule has 0 aliphatic rings. The zero-order chi connectivity index (χ0) is 15.9. The summed E-state index contributed by atoms with van der Waals surface area (Å²) in [6.07, 6.45) is 0. The summed E-state index contributed by atoms with van der Waals surface area (Å²) >= 11 is 0. The van der Waals surface area contributed by atoms with Crippen molar-refractivity contribution in [1.29, 1.82) is 0 Å². The van der Waals surface area contributed by atoms with Gasteiger partial charge in [0.2, 0.25) is 0 Å². The molecule has 2 aromatic rings. The molecule has 0 amide bonds. The van der Waals surface area contributed by atoms with E-state index in [9.17, 15) is 9.59 Å². The minimum absolute atomic E-state index is 0.0128. The SMILES string of the molecule is CC(=O)c1ccccc1COOCc1ccccc1C(C)=O. The first-order valence-corrected chi connectivity index (χ1v) is 7.01. The van der Waals surface area contributed by atoms with Crippen LogP contribution in [0.4, 0.5) is 0 Å². The number of hydrogen-bond acceptors (Lipinski definition) is 4. The summed E-state index contributed by atoms with van der Waals surface area (Å²) in [7, 11) is 0.